The van der Waals surface area contributed by atoms with Crippen molar-refractivity contribution in [2.45, 2.75) is 111 Å². The Morgan fingerprint density at radius 3 is 2.58 bits per heavy atom. The molecule has 8 atom stereocenters. The molecule has 0 aromatic rings. The van der Waals surface area contributed by atoms with E-state index >= 15 is 0 Å². The minimum absolute atomic E-state index is 0.408. The number of fused-ring (bicyclic) bond motifs is 5. The topological polar surface area (TPSA) is 9.23 Å². The van der Waals surface area contributed by atoms with Crippen molar-refractivity contribution < 1.29 is 4.74 Å². The van der Waals surface area contributed by atoms with Gasteiger partial charge in [0.25, 0.3) is 0 Å². The van der Waals surface area contributed by atoms with E-state index in [9.17, 15) is 0 Å². The second-order valence-corrected chi connectivity index (χ2v) is 13.1. The molecule has 4 rings (SSSR count). The SMILES string of the molecule is CC(C)CCCC(C)C1CCC2C3CC=C4CC(OCCCl)CCC4(C)C3CCC12C. The van der Waals surface area contributed by atoms with Gasteiger partial charge in [0.1, 0.15) is 0 Å². The monoisotopic (exact) mass is 448 g/mol. The van der Waals surface area contributed by atoms with Gasteiger partial charge in [-0.25, -0.2) is 0 Å². The van der Waals surface area contributed by atoms with Crippen LogP contribution in [-0.2, 0) is 4.74 Å². The van der Waals surface area contributed by atoms with Crippen molar-refractivity contribution in [1.82, 2.24) is 0 Å². The molecule has 1 nitrogen and oxygen atoms in total. The van der Waals surface area contributed by atoms with E-state index in [1.807, 2.05) is 0 Å². The van der Waals surface area contributed by atoms with Gasteiger partial charge in [-0.1, -0.05) is 65.5 Å². The molecule has 0 aromatic carbocycles. The number of alkyl halides is 1. The van der Waals surface area contributed by atoms with Crippen molar-refractivity contribution >= 4 is 11.6 Å². The molecule has 0 spiro atoms. The molecular formula is C29H49ClO. The Balaban J connectivity index is 1.45. The van der Waals surface area contributed by atoms with Crippen LogP contribution in [0, 0.1) is 46.3 Å². The average Bonchev–Trinajstić information content (AvgIpc) is 3.09. The van der Waals surface area contributed by atoms with Gasteiger partial charge in [-0.3, -0.25) is 0 Å². The lowest BCUT2D eigenvalue weighted by molar-refractivity contribution is -0.0629. The van der Waals surface area contributed by atoms with Crippen molar-refractivity contribution in [3.05, 3.63) is 11.6 Å². The van der Waals surface area contributed by atoms with Crippen LogP contribution in [0.2, 0.25) is 0 Å². The van der Waals surface area contributed by atoms with Crippen molar-refractivity contribution in [2.75, 3.05) is 12.5 Å². The molecule has 0 aromatic heterocycles. The maximum Gasteiger partial charge on any atom is 0.0613 e. The van der Waals surface area contributed by atoms with Crippen LogP contribution >= 0.6 is 11.6 Å². The standard InChI is InChI=1S/C29H49ClO/c1-20(2)7-6-8-21(3)25-11-12-26-24-10-9-22-19-23(31-18-17-30)13-15-28(22,4)27(24)14-16-29(25,26)5/h9,20-21,23-27H,6-8,10-19H2,1-5H3. The first kappa shape index (κ1) is 24.1. The summed E-state index contributed by atoms with van der Waals surface area (Å²) >= 11 is 5.88. The van der Waals surface area contributed by atoms with Crippen LogP contribution in [-0.4, -0.2) is 18.6 Å². The molecule has 178 valence electrons. The van der Waals surface area contributed by atoms with Crippen LogP contribution in [0.1, 0.15) is 105 Å². The van der Waals surface area contributed by atoms with Crippen LogP contribution in [0.15, 0.2) is 11.6 Å². The van der Waals surface area contributed by atoms with Crippen LogP contribution in [0.3, 0.4) is 0 Å². The summed E-state index contributed by atoms with van der Waals surface area (Å²) in [5, 5.41) is 0. The summed E-state index contributed by atoms with van der Waals surface area (Å²) in [5.41, 5.74) is 2.77. The smallest absolute Gasteiger partial charge is 0.0613 e. The maximum absolute atomic E-state index is 6.06. The Hall–Kier alpha value is -0.0100. The highest BCUT2D eigenvalue weighted by atomic mass is 35.5. The first-order valence-corrected chi connectivity index (χ1v) is 14.2. The molecule has 0 heterocycles. The molecule has 0 saturated heterocycles. The first-order chi connectivity index (χ1) is 14.8. The van der Waals surface area contributed by atoms with Crippen molar-refractivity contribution in [3.63, 3.8) is 0 Å². The summed E-state index contributed by atoms with van der Waals surface area (Å²) in [5.74, 6) is 6.15. The molecule has 4 aliphatic rings. The molecular weight excluding hydrogens is 400 g/mol. The van der Waals surface area contributed by atoms with Crippen molar-refractivity contribution in [3.8, 4) is 0 Å². The van der Waals surface area contributed by atoms with E-state index in [-0.39, 0.29) is 0 Å². The third-order valence-corrected chi connectivity index (χ3v) is 10.8. The summed E-state index contributed by atoms with van der Waals surface area (Å²) in [6.07, 6.45) is 18.4. The molecule has 31 heavy (non-hydrogen) atoms. The van der Waals surface area contributed by atoms with Crippen LogP contribution in [0.4, 0.5) is 0 Å². The van der Waals surface area contributed by atoms with Gasteiger partial charge in [0.05, 0.1) is 12.7 Å². The van der Waals surface area contributed by atoms with Crippen LogP contribution in [0.25, 0.3) is 0 Å². The molecule has 2 heteroatoms. The molecule has 0 radical (unpaired) electrons. The normalized spacial score (nSPS) is 43.2. The zero-order valence-electron chi connectivity index (χ0n) is 21.1. The molecule has 8 unspecified atom stereocenters. The molecule has 0 amide bonds. The van der Waals surface area contributed by atoms with E-state index in [0.717, 1.165) is 41.9 Å². The largest absolute Gasteiger partial charge is 0.377 e. The van der Waals surface area contributed by atoms with Crippen LogP contribution in [0.5, 0.6) is 0 Å². The lowest BCUT2D eigenvalue weighted by atomic mass is 9.47. The van der Waals surface area contributed by atoms with E-state index in [4.69, 9.17) is 16.3 Å². The van der Waals surface area contributed by atoms with Gasteiger partial charge < -0.3 is 4.74 Å². The third-order valence-electron chi connectivity index (χ3n) is 10.7. The van der Waals surface area contributed by atoms with Crippen molar-refractivity contribution in [1.29, 1.82) is 0 Å². The van der Waals surface area contributed by atoms with E-state index < -0.39 is 0 Å². The maximum atomic E-state index is 6.06. The summed E-state index contributed by atoms with van der Waals surface area (Å²) in [6.45, 7) is 13.4. The fourth-order valence-corrected chi connectivity index (χ4v) is 9.09. The van der Waals surface area contributed by atoms with Gasteiger partial charge in [0.2, 0.25) is 0 Å². The van der Waals surface area contributed by atoms with E-state index in [1.54, 1.807) is 5.57 Å². The second-order valence-electron chi connectivity index (χ2n) is 12.7. The summed E-state index contributed by atoms with van der Waals surface area (Å²) in [7, 11) is 0. The third kappa shape index (κ3) is 4.53. The predicted molar refractivity (Wildman–Crippen MR) is 134 cm³/mol. The van der Waals surface area contributed by atoms with Gasteiger partial charge >= 0.3 is 0 Å². The molecule has 4 aliphatic carbocycles. The summed E-state index contributed by atoms with van der Waals surface area (Å²) in [6, 6.07) is 0. The molecule has 3 fully saturated rings. The lowest BCUT2D eigenvalue weighted by Crippen LogP contribution is -2.51. The Labute approximate surface area is 198 Å². The van der Waals surface area contributed by atoms with Gasteiger partial charge in [0, 0.05) is 5.88 Å². The second kappa shape index (κ2) is 9.69. The van der Waals surface area contributed by atoms with Crippen LogP contribution < -0.4 is 0 Å². The lowest BCUT2D eigenvalue weighted by Gasteiger charge is -2.58. The highest BCUT2D eigenvalue weighted by Crippen LogP contribution is 2.67. The zero-order chi connectivity index (χ0) is 22.2. The molecule has 0 aliphatic heterocycles. The number of hydrogen-bond acceptors (Lipinski definition) is 1. The summed E-state index contributed by atoms with van der Waals surface area (Å²) in [4.78, 5) is 0. The number of ether oxygens (including phenoxy) is 1. The number of rotatable bonds is 8. The average molecular weight is 449 g/mol. The molecule has 0 N–H and O–H groups in total. The minimum Gasteiger partial charge on any atom is -0.377 e. The quantitative estimate of drug-likeness (QED) is 0.266. The van der Waals surface area contributed by atoms with Gasteiger partial charge in [-0.05, 0) is 97.7 Å². The fraction of sp³-hybridized carbons (Fsp3) is 0.931. The zero-order valence-corrected chi connectivity index (χ0v) is 21.9. The van der Waals surface area contributed by atoms with Gasteiger partial charge in [-0.2, -0.15) is 0 Å². The minimum atomic E-state index is 0.408. The van der Waals surface area contributed by atoms with E-state index in [0.29, 0.717) is 29.4 Å². The first-order valence-electron chi connectivity index (χ1n) is 13.7. The van der Waals surface area contributed by atoms with Gasteiger partial charge in [-0.15, -0.1) is 11.6 Å². The molecule has 3 saturated carbocycles. The Morgan fingerprint density at radius 1 is 1.03 bits per heavy atom. The number of allylic oxidation sites excluding steroid dienone is 1. The molecule has 0 bridgehead atoms. The van der Waals surface area contributed by atoms with Gasteiger partial charge in [0.15, 0.2) is 0 Å². The number of halogens is 1. The summed E-state index contributed by atoms with van der Waals surface area (Å²) < 4.78 is 6.06. The van der Waals surface area contributed by atoms with E-state index in [2.05, 4.69) is 40.7 Å². The predicted octanol–water partition coefficient (Wildman–Crippen LogP) is 8.65. The highest BCUT2D eigenvalue weighted by Gasteiger charge is 2.59. The fourth-order valence-electron chi connectivity index (χ4n) is 9.01. The van der Waals surface area contributed by atoms with Crippen molar-refractivity contribution in [2.24, 2.45) is 46.3 Å². The Morgan fingerprint density at radius 2 is 1.84 bits per heavy atom. The number of hydrogen-bond donors (Lipinski definition) is 0. The highest BCUT2D eigenvalue weighted by molar-refractivity contribution is 6.17. The Bertz CT molecular complexity index is 641. The Kier molecular flexibility index (Phi) is 7.54. The van der Waals surface area contributed by atoms with E-state index in [1.165, 1.54) is 64.2 Å².